The van der Waals surface area contributed by atoms with Crippen molar-refractivity contribution in [2.24, 2.45) is 5.73 Å². The van der Waals surface area contributed by atoms with Crippen LogP contribution in [0.15, 0.2) is 18.5 Å². The molecule has 0 saturated carbocycles. The van der Waals surface area contributed by atoms with Gasteiger partial charge in [0.05, 0.1) is 17.7 Å². The van der Waals surface area contributed by atoms with Gasteiger partial charge in [0.25, 0.3) is 0 Å². The summed E-state index contributed by atoms with van der Waals surface area (Å²) in [7, 11) is 0. The first-order chi connectivity index (χ1) is 7.57. The van der Waals surface area contributed by atoms with Crippen LogP contribution in [0.1, 0.15) is 18.5 Å². The van der Waals surface area contributed by atoms with E-state index in [0.29, 0.717) is 5.56 Å². The van der Waals surface area contributed by atoms with Crippen molar-refractivity contribution >= 4 is 30.0 Å². The molecule has 7 heteroatoms. The second-order valence-electron chi connectivity index (χ2n) is 3.08. The predicted molar refractivity (Wildman–Crippen MR) is 65.0 cm³/mol. The van der Waals surface area contributed by atoms with Gasteiger partial charge < -0.3 is 10.5 Å². The number of carbonyl (C=O) groups excluding carboxylic acids is 1. The number of nitrogens with zero attached hydrogens (tertiary/aromatic N) is 1. The fourth-order valence-corrected chi connectivity index (χ4v) is 1.43. The molecule has 4 nitrogen and oxygen atoms in total. The fourth-order valence-electron chi connectivity index (χ4n) is 1.18. The Morgan fingerprint density at radius 1 is 1.71 bits per heavy atom. The van der Waals surface area contributed by atoms with Crippen LogP contribution in [0.3, 0.4) is 0 Å². The number of hydrogen-bond acceptors (Lipinski definition) is 4. The summed E-state index contributed by atoms with van der Waals surface area (Å²) in [6, 6.07) is 0.327. The smallest absolute Gasteiger partial charge is 0.342 e. The van der Waals surface area contributed by atoms with E-state index < -0.39 is 18.2 Å². The summed E-state index contributed by atoms with van der Waals surface area (Å²) < 4.78 is 18.1. The molecular weight excluding hydrogens is 270 g/mol. The van der Waals surface area contributed by atoms with E-state index in [9.17, 15) is 9.18 Å². The van der Waals surface area contributed by atoms with E-state index in [2.05, 4.69) is 9.72 Å². The SMILES string of the molecule is CCOC(=O)C(F)[C@@H](N)c1ccncc1Cl.Cl. The number of esters is 1. The second kappa shape index (κ2) is 7.42. The standard InChI is InChI=1S/C10H12ClFN2O2.ClH/c1-2-16-10(15)8(12)9(13)6-3-4-14-5-7(6)11;/h3-5,8-9H,2,13H2,1H3;1H/t8?,9-;/m0./s1. The molecule has 17 heavy (non-hydrogen) atoms. The number of nitrogens with two attached hydrogens (primary N) is 1. The van der Waals surface area contributed by atoms with Crippen LogP contribution in [-0.4, -0.2) is 23.7 Å². The normalized spacial score (nSPS) is 13.4. The zero-order valence-corrected chi connectivity index (χ0v) is 10.7. The van der Waals surface area contributed by atoms with Gasteiger partial charge in [0, 0.05) is 12.4 Å². The lowest BCUT2D eigenvalue weighted by Crippen LogP contribution is -2.31. The summed E-state index contributed by atoms with van der Waals surface area (Å²) >= 11 is 5.78. The van der Waals surface area contributed by atoms with Crippen molar-refractivity contribution in [3.8, 4) is 0 Å². The summed E-state index contributed by atoms with van der Waals surface area (Å²) in [5.41, 5.74) is 5.91. The van der Waals surface area contributed by atoms with Crippen molar-refractivity contribution in [1.29, 1.82) is 0 Å². The molecule has 0 aliphatic rings. The van der Waals surface area contributed by atoms with Gasteiger partial charge in [-0.05, 0) is 18.6 Å². The monoisotopic (exact) mass is 282 g/mol. The Labute approximate surface area is 110 Å². The number of aromatic nitrogens is 1. The number of halogens is 3. The summed E-state index contributed by atoms with van der Waals surface area (Å²) in [6.07, 6.45) is 0.841. The molecule has 96 valence electrons. The molecule has 1 unspecified atom stereocenters. The van der Waals surface area contributed by atoms with Gasteiger partial charge in [-0.2, -0.15) is 0 Å². The van der Waals surface area contributed by atoms with Crippen LogP contribution >= 0.6 is 24.0 Å². The highest BCUT2D eigenvalue weighted by Crippen LogP contribution is 2.24. The molecule has 0 fully saturated rings. The number of ether oxygens (including phenoxy) is 1. The Kier molecular flexibility index (Phi) is 7.03. The van der Waals surface area contributed by atoms with E-state index in [-0.39, 0.29) is 24.0 Å². The number of alkyl halides is 1. The Morgan fingerprint density at radius 3 is 2.88 bits per heavy atom. The molecule has 0 aliphatic heterocycles. The van der Waals surface area contributed by atoms with Gasteiger partial charge in [-0.3, -0.25) is 4.98 Å². The molecule has 0 aliphatic carbocycles. The van der Waals surface area contributed by atoms with Crippen LogP contribution in [0.2, 0.25) is 5.02 Å². The van der Waals surface area contributed by atoms with E-state index in [1.807, 2.05) is 0 Å². The van der Waals surface area contributed by atoms with E-state index in [0.717, 1.165) is 0 Å². The lowest BCUT2D eigenvalue weighted by atomic mass is 10.0. The lowest BCUT2D eigenvalue weighted by Gasteiger charge is -2.16. The Hall–Kier alpha value is -0.910. The molecule has 0 spiro atoms. The van der Waals surface area contributed by atoms with Gasteiger partial charge >= 0.3 is 5.97 Å². The number of carbonyl (C=O) groups is 1. The number of pyridine rings is 1. The summed E-state index contributed by atoms with van der Waals surface area (Å²) in [6.45, 7) is 1.70. The van der Waals surface area contributed by atoms with Crippen molar-refractivity contribution in [2.45, 2.75) is 19.1 Å². The van der Waals surface area contributed by atoms with E-state index in [1.165, 1.54) is 18.5 Å². The van der Waals surface area contributed by atoms with E-state index >= 15 is 0 Å². The molecular formula is C10H13Cl2FN2O2. The molecule has 0 saturated heterocycles. The topological polar surface area (TPSA) is 65.2 Å². The minimum Gasteiger partial charge on any atom is -0.464 e. The second-order valence-corrected chi connectivity index (χ2v) is 3.48. The summed E-state index contributed by atoms with van der Waals surface area (Å²) in [4.78, 5) is 14.9. The van der Waals surface area contributed by atoms with E-state index in [1.54, 1.807) is 6.92 Å². The lowest BCUT2D eigenvalue weighted by molar-refractivity contribution is -0.149. The zero-order chi connectivity index (χ0) is 12.1. The fraction of sp³-hybridized carbons (Fsp3) is 0.400. The minimum atomic E-state index is -1.93. The Morgan fingerprint density at radius 2 is 2.35 bits per heavy atom. The van der Waals surface area contributed by atoms with Crippen molar-refractivity contribution < 1.29 is 13.9 Å². The highest BCUT2D eigenvalue weighted by atomic mass is 35.5. The quantitative estimate of drug-likeness (QED) is 0.859. The molecule has 1 heterocycles. The first kappa shape index (κ1) is 16.1. The van der Waals surface area contributed by atoms with Gasteiger partial charge in [0.1, 0.15) is 0 Å². The molecule has 2 N–H and O–H groups in total. The van der Waals surface area contributed by atoms with Crippen LogP contribution in [0.4, 0.5) is 4.39 Å². The minimum absolute atomic E-state index is 0. The molecule has 1 aromatic heterocycles. The maximum absolute atomic E-state index is 13.6. The molecule has 0 radical (unpaired) electrons. The zero-order valence-electron chi connectivity index (χ0n) is 9.10. The van der Waals surface area contributed by atoms with Crippen LogP contribution < -0.4 is 5.73 Å². The third-order valence-corrected chi connectivity index (χ3v) is 2.31. The van der Waals surface area contributed by atoms with Gasteiger partial charge in [0.15, 0.2) is 0 Å². The molecule has 0 bridgehead atoms. The third-order valence-electron chi connectivity index (χ3n) is 1.99. The van der Waals surface area contributed by atoms with Crippen molar-refractivity contribution in [3.63, 3.8) is 0 Å². The largest absolute Gasteiger partial charge is 0.464 e. The van der Waals surface area contributed by atoms with Crippen LogP contribution in [0, 0.1) is 0 Å². The highest BCUT2D eigenvalue weighted by molar-refractivity contribution is 6.31. The maximum atomic E-state index is 13.6. The van der Waals surface area contributed by atoms with Crippen LogP contribution in [-0.2, 0) is 9.53 Å². The molecule has 1 rings (SSSR count). The average molecular weight is 283 g/mol. The maximum Gasteiger partial charge on any atom is 0.342 e. The predicted octanol–water partition coefficient (Wildman–Crippen LogP) is 2.06. The Bertz CT molecular complexity index is 379. The summed E-state index contributed by atoms with van der Waals surface area (Å²) in [5.74, 6) is -0.983. The van der Waals surface area contributed by atoms with Crippen molar-refractivity contribution in [3.05, 3.63) is 29.0 Å². The number of hydrogen-bond donors (Lipinski definition) is 1. The molecule has 2 atom stereocenters. The highest BCUT2D eigenvalue weighted by Gasteiger charge is 2.28. The van der Waals surface area contributed by atoms with Gasteiger partial charge in [-0.25, -0.2) is 9.18 Å². The van der Waals surface area contributed by atoms with E-state index in [4.69, 9.17) is 17.3 Å². The molecule has 0 amide bonds. The van der Waals surface area contributed by atoms with Gasteiger partial charge in [-0.1, -0.05) is 11.6 Å². The first-order valence-electron chi connectivity index (χ1n) is 4.73. The van der Waals surface area contributed by atoms with Crippen molar-refractivity contribution in [2.75, 3.05) is 6.61 Å². The average Bonchev–Trinajstić information content (AvgIpc) is 2.28. The molecule has 1 aromatic rings. The Balaban J connectivity index is 0.00000256. The summed E-state index contributed by atoms with van der Waals surface area (Å²) in [5, 5.41) is 0.224. The molecule has 0 aromatic carbocycles. The van der Waals surface area contributed by atoms with Crippen LogP contribution in [0.25, 0.3) is 0 Å². The van der Waals surface area contributed by atoms with Crippen molar-refractivity contribution in [1.82, 2.24) is 4.98 Å². The van der Waals surface area contributed by atoms with Gasteiger partial charge in [0.2, 0.25) is 6.17 Å². The first-order valence-corrected chi connectivity index (χ1v) is 5.11. The number of rotatable bonds is 4. The van der Waals surface area contributed by atoms with Crippen LogP contribution in [0.5, 0.6) is 0 Å². The third kappa shape index (κ3) is 4.11. The van der Waals surface area contributed by atoms with Gasteiger partial charge in [-0.15, -0.1) is 12.4 Å².